The van der Waals surface area contributed by atoms with Gasteiger partial charge in [-0.25, -0.2) is 4.79 Å². The van der Waals surface area contributed by atoms with Crippen LogP contribution in [-0.4, -0.2) is 318 Å². The molecule has 87 heavy (non-hydrogen) atoms. The number of ether oxygens (including phenoxy) is 8. The van der Waals surface area contributed by atoms with Gasteiger partial charge in [0, 0.05) is 80.4 Å². The van der Waals surface area contributed by atoms with Gasteiger partial charge in [0.2, 0.25) is 17.7 Å². The Bertz CT molecular complexity index is 2260. The minimum absolute atomic E-state index is 0.00479. The largest absolute Gasteiger partial charge is 0.389 e. The fourth-order valence-electron chi connectivity index (χ4n) is 11.9. The van der Waals surface area contributed by atoms with Crippen molar-refractivity contribution in [2.45, 2.75) is 248 Å². The Hall–Kier alpha value is -2.85. The molecule has 5 amide bonds. The van der Waals surface area contributed by atoms with Crippen LogP contribution in [0.25, 0.3) is 0 Å². The molecule has 0 aromatic heterocycles. The summed E-state index contributed by atoms with van der Waals surface area (Å²) in [6.07, 6.45) is -31.0. The summed E-state index contributed by atoms with van der Waals surface area (Å²) < 4.78 is 48.2. The minimum atomic E-state index is -1.70. The van der Waals surface area contributed by atoms with E-state index in [1.165, 1.54) is 16.7 Å². The Balaban J connectivity index is 0.954. The lowest BCUT2D eigenvalue weighted by atomic mass is 9.84. The van der Waals surface area contributed by atoms with Crippen LogP contribution in [-0.2, 0) is 52.3 Å². The second kappa shape index (κ2) is 30.7. The maximum Gasteiger partial charge on any atom is 0.327 e. The fourth-order valence-corrected chi connectivity index (χ4v) is 12.8. The van der Waals surface area contributed by atoms with Gasteiger partial charge in [0.15, 0.2) is 25.2 Å². The first-order valence-electron chi connectivity index (χ1n) is 29.4. The number of unbranched alkanes of at least 4 members (excludes halogenated alkanes) is 1. The molecule has 2 saturated carbocycles. The summed E-state index contributed by atoms with van der Waals surface area (Å²) in [6, 6.07) is -9.52. The summed E-state index contributed by atoms with van der Waals surface area (Å²) in [4.78, 5) is 57.0. The number of aliphatic hydroxyl groups is 10. The number of hydrogen-bond acceptors (Lipinski definition) is 32. The molecule has 0 aromatic rings. The van der Waals surface area contributed by atoms with Gasteiger partial charge in [-0.3, -0.25) is 19.3 Å². The topological polar surface area (TPSA) is 609 Å². The van der Waals surface area contributed by atoms with Crippen LogP contribution in [0.4, 0.5) is 4.79 Å². The van der Waals surface area contributed by atoms with Crippen molar-refractivity contribution in [3.05, 3.63) is 0 Å². The Morgan fingerprint density at radius 1 is 0.563 bits per heavy atom. The molecule has 5 heterocycles. The van der Waals surface area contributed by atoms with Crippen LogP contribution in [0.1, 0.15) is 59.3 Å². The summed E-state index contributed by atoms with van der Waals surface area (Å²) in [5.41, 5.74) is 54.0. The summed E-state index contributed by atoms with van der Waals surface area (Å²) >= 11 is 1.20. The Labute approximate surface area is 506 Å². The van der Waals surface area contributed by atoms with Crippen LogP contribution in [0.2, 0.25) is 0 Å². The lowest BCUT2D eigenvalue weighted by Crippen LogP contribution is -2.68. The van der Waals surface area contributed by atoms with Crippen LogP contribution in [0, 0.1) is 0 Å². The van der Waals surface area contributed by atoms with E-state index in [1.54, 1.807) is 20.8 Å². The smallest absolute Gasteiger partial charge is 0.327 e. The van der Waals surface area contributed by atoms with E-state index >= 15 is 0 Å². The summed E-state index contributed by atoms with van der Waals surface area (Å²) in [7, 11) is 0. The average molecular weight is 1270 g/mol. The summed E-state index contributed by atoms with van der Waals surface area (Å²) in [5, 5.41) is 114. The number of nitrogens with one attached hydrogen (secondary N) is 2. The number of hydrogen-bond donors (Lipinski definition) is 21. The third kappa shape index (κ3) is 16.3. The van der Waals surface area contributed by atoms with Gasteiger partial charge in [-0.2, -0.15) is 11.8 Å². The molecule has 5 aliphatic heterocycles. The van der Waals surface area contributed by atoms with Gasteiger partial charge in [-0.15, -0.1) is 0 Å². The van der Waals surface area contributed by atoms with Crippen molar-refractivity contribution in [1.82, 2.24) is 20.4 Å². The third-order valence-electron chi connectivity index (χ3n) is 17.1. The molecule has 2 aliphatic carbocycles. The van der Waals surface area contributed by atoms with Gasteiger partial charge >= 0.3 is 6.03 Å². The van der Waals surface area contributed by atoms with Crippen molar-refractivity contribution in [1.29, 1.82) is 0 Å². The van der Waals surface area contributed by atoms with Gasteiger partial charge < -0.3 is 156 Å². The molecule has 7 fully saturated rings. The van der Waals surface area contributed by atoms with Gasteiger partial charge in [-0.1, -0.05) is 0 Å². The Morgan fingerprint density at radius 3 is 1.60 bits per heavy atom. The van der Waals surface area contributed by atoms with Crippen LogP contribution in [0.15, 0.2) is 0 Å². The lowest BCUT2D eigenvalue weighted by Gasteiger charge is -2.47. The standard InChI is InChI=1S/C51H95N13O22S/c1-51(2,3)64-27(66)12-21(63(50(64)78)8-5-4-6-26(65)62-15-24-35(71)38(74)30(60)48(81-24)83-41-19(56)10-17(54)31(67)39(41)75)45(77)61-7-9-87-16-25-43(85-47-29(59)37(73)34(70)23(14-53)80-47)40(76)49(82-25)86-44-32(68)18(55)11-20(57)42(44)84-46-28(58)36(72)33(69)22(13-52)79-46/h17-25,28-44,46-49,67-76H,4-16,52-60H2,1-3H3,(H,61,77)(H,62,65)/t17-,18-,19+,20+,21?,22-,23+,24-,25-,28-,29-,30-,31+,32+,33-,34-,35-,36-,37-,38-,39-,40-,41-,42-,43-,44-,46-,47-,48-,49+/m1/s1. The number of aliphatic hydroxyl groups excluding tert-OH is 10. The molecule has 30 atom stereocenters. The SMILES string of the molecule is CC(C)(C)N1C(=O)CC(C(=O)NCCSC[C@H]2O[C@@H](O[C@@H]3[C@@H](O)[C@H](N)C[C@H](N)[C@H]3O[C@H]3O[C@H](CN)[C@@H](O)[C@H](O)[C@H]3N)[C@H](O)[C@@H]2O[C@H]2O[C@@H](CN)[C@@H](O)[C@H](O)[C@H]2N)N(CCCCC(=O)NC[C@H]2O[C@H](O[C@H]3[C@H](O)[C@@H](O)[C@H](N)C[C@@H]3N)[C@H](N)[C@@H](O)[C@@H]2O)C1=O. The van der Waals surface area contributed by atoms with Crippen LogP contribution >= 0.6 is 11.8 Å². The number of imide groups is 1. The minimum Gasteiger partial charge on any atom is -0.389 e. The third-order valence-corrected chi connectivity index (χ3v) is 18.2. The highest BCUT2D eigenvalue weighted by atomic mass is 32.2. The van der Waals surface area contributed by atoms with E-state index in [4.69, 9.17) is 89.5 Å². The predicted octanol–water partition coefficient (Wildman–Crippen LogP) is -12.0. The van der Waals surface area contributed by atoms with Crippen LogP contribution in [0.5, 0.6) is 0 Å². The first-order chi connectivity index (χ1) is 40.9. The Morgan fingerprint density at radius 2 is 1.05 bits per heavy atom. The van der Waals surface area contributed by atoms with E-state index < -0.39 is 213 Å². The molecular formula is C51H95N13O22S. The highest BCUT2D eigenvalue weighted by Crippen LogP contribution is 2.36. The first-order valence-corrected chi connectivity index (χ1v) is 30.6. The number of carbonyl (C=O) groups is 4. The lowest BCUT2D eigenvalue weighted by molar-refractivity contribution is -0.306. The molecule has 0 aromatic carbocycles. The van der Waals surface area contributed by atoms with Crippen molar-refractivity contribution >= 4 is 35.5 Å². The molecule has 5 saturated heterocycles. The zero-order chi connectivity index (χ0) is 64.3. The maximum atomic E-state index is 14.1. The molecule has 0 bridgehead atoms. The van der Waals surface area contributed by atoms with Crippen LogP contribution < -0.4 is 62.2 Å². The van der Waals surface area contributed by atoms with Crippen molar-refractivity contribution in [2.24, 2.45) is 51.6 Å². The number of rotatable bonds is 23. The number of urea groups is 1. The highest BCUT2D eigenvalue weighted by Gasteiger charge is 2.56. The molecular weight excluding hydrogens is 1180 g/mol. The van der Waals surface area contributed by atoms with Gasteiger partial charge in [0.25, 0.3) is 0 Å². The zero-order valence-electron chi connectivity index (χ0n) is 48.9. The van der Waals surface area contributed by atoms with E-state index in [2.05, 4.69) is 10.6 Å². The normalized spacial score (nSPS) is 44.9. The van der Waals surface area contributed by atoms with E-state index in [1.807, 2.05) is 0 Å². The highest BCUT2D eigenvalue weighted by molar-refractivity contribution is 7.99. The second-order valence-corrected chi connectivity index (χ2v) is 25.7. The molecule has 7 rings (SSSR count). The molecule has 0 spiro atoms. The van der Waals surface area contributed by atoms with Crippen LogP contribution in [0.3, 0.4) is 0 Å². The number of carbonyl (C=O) groups excluding carboxylic acids is 4. The fraction of sp³-hybridized carbons (Fsp3) is 0.922. The maximum absolute atomic E-state index is 14.1. The van der Waals surface area contributed by atoms with Gasteiger partial charge in [0.1, 0.15) is 97.6 Å². The number of nitrogens with zero attached hydrogens (tertiary/aromatic N) is 2. The first kappa shape index (κ1) is 71.6. The molecule has 30 N–H and O–H groups in total. The predicted molar refractivity (Wildman–Crippen MR) is 302 cm³/mol. The van der Waals surface area contributed by atoms with E-state index in [0.717, 1.165) is 4.90 Å². The monoisotopic (exact) mass is 1270 g/mol. The average Bonchev–Trinajstić information content (AvgIpc) is 2.54. The molecule has 502 valence electrons. The van der Waals surface area contributed by atoms with Crippen molar-refractivity contribution in [3.8, 4) is 0 Å². The number of amides is 5. The van der Waals surface area contributed by atoms with E-state index in [-0.39, 0.29) is 82.8 Å². The van der Waals surface area contributed by atoms with Gasteiger partial charge in [0.05, 0.1) is 42.9 Å². The molecule has 1 unspecified atom stereocenters. The summed E-state index contributed by atoms with van der Waals surface area (Å²) in [6.45, 7) is 4.16. The quantitative estimate of drug-likeness (QED) is 0.0422. The molecule has 36 heteroatoms. The molecule has 7 aliphatic rings. The summed E-state index contributed by atoms with van der Waals surface area (Å²) in [5.74, 6) is -1.56. The Kier molecular flexibility index (Phi) is 25.3. The van der Waals surface area contributed by atoms with Crippen molar-refractivity contribution < 1.29 is 108 Å². The van der Waals surface area contributed by atoms with Crippen molar-refractivity contribution in [3.63, 3.8) is 0 Å². The molecule has 0 radical (unpaired) electrons. The number of nitrogens with two attached hydrogens (primary N) is 9. The second-order valence-electron chi connectivity index (χ2n) is 24.5. The van der Waals surface area contributed by atoms with E-state index in [0.29, 0.717) is 0 Å². The molecule has 35 nitrogen and oxygen atoms in total. The van der Waals surface area contributed by atoms with E-state index in [9.17, 15) is 70.2 Å². The number of thioether (sulfide) groups is 1. The van der Waals surface area contributed by atoms with Gasteiger partial charge in [-0.05, 0) is 46.5 Å². The van der Waals surface area contributed by atoms with Crippen molar-refractivity contribution in [2.75, 3.05) is 44.2 Å². The zero-order valence-corrected chi connectivity index (χ0v) is 49.7.